The predicted octanol–water partition coefficient (Wildman–Crippen LogP) is 4.93. The molecule has 0 bridgehead atoms. The summed E-state index contributed by atoms with van der Waals surface area (Å²) in [6.07, 6.45) is 2.99. The van der Waals surface area contributed by atoms with Crippen LogP contribution >= 0.6 is 0 Å². The van der Waals surface area contributed by atoms with E-state index in [1.165, 1.54) is 12.1 Å². The maximum atomic E-state index is 13.7. The fraction of sp³-hybridized carbons (Fsp3) is 0.440. The van der Waals surface area contributed by atoms with Crippen molar-refractivity contribution in [1.82, 2.24) is 4.90 Å². The van der Waals surface area contributed by atoms with E-state index in [-0.39, 0.29) is 23.7 Å². The maximum Gasteiger partial charge on any atom is 0.254 e. The molecule has 166 valence electrons. The van der Waals surface area contributed by atoms with E-state index in [9.17, 15) is 14.0 Å². The van der Waals surface area contributed by atoms with Crippen molar-refractivity contribution in [2.45, 2.75) is 39.7 Å². The summed E-state index contributed by atoms with van der Waals surface area (Å²) in [5, 5.41) is 3.02. The van der Waals surface area contributed by atoms with Gasteiger partial charge in [0, 0.05) is 50.0 Å². The minimum Gasteiger partial charge on any atom is -0.377 e. The van der Waals surface area contributed by atoms with Crippen LogP contribution in [0.4, 0.5) is 15.8 Å². The van der Waals surface area contributed by atoms with Crippen LogP contribution in [0.25, 0.3) is 0 Å². The molecule has 0 aliphatic heterocycles. The van der Waals surface area contributed by atoms with Gasteiger partial charge in [0.25, 0.3) is 5.91 Å². The first kappa shape index (κ1) is 22.8. The van der Waals surface area contributed by atoms with Crippen molar-refractivity contribution < 1.29 is 14.0 Å². The topological polar surface area (TPSA) is 52.7 Å². The van der Waals surface area contributed by atoms with Gasteiger partial charge < -0.3 is 15.1 Å². The lowest BCUT2D eigenvalue weighted by atomic mass is 9.85. The number of nitrogens with one attached hydrogen (secondary N) is 1. The van der Waals surface area contributed by atoms with Gasteiger partial charge in [-0.05, 0) is 60.7 Å². The predicted molar refractivity (Wildman–Crippen MR) is 123 cm³/mol. The summed E-state index contributed by atoms with van der Waals surface area (Å²) in [4.78, 5) is 29.3. The third-order valence-corrected chi connectivity index (χ3v) is 5.61. The van der Waals surface area contributed by atoms with Crippen LogP contribution in [-0.2, 0) is 11.3 Å². The lowest BCUT2D eigenvalue weighted by Crippen LogP contribution is -2.34. The number of carbonyl (C=O) groups excluding carboxylic acids is 2. The van der Waals surface area contributed by atoms with E-state index in [1.807, 2.05) is 51.0 Å². The molecule has 0 atom stereocenters. The third-order valence-electron chi connectivity index (χ3n) is 5.61. The molecule has 6 heteroatoms. The minimum atomic E-state index is -0.426. The van der Waals surface area contributed by atoms with Gasteiger partial charge in [-0.2, -0.15) is 0 Å². The number of hydrogen-bond donors (Lipinski definition) is 1. The first-order chi connectivity index (χ1) is 14.7. The number of benzene rings is 2. The third kappa shape index (κ3) is 5.84. The molecule has 1 saturated carbocycles. The number of amides is 2. The Morgan fingerprint density at radius 3 is 2.45 bits per heavy atom. The van der Waals surface area contributed by atoms with Crippen LogP contribution in [0.15, 0.2) is 42.5 Å². The van der Waals surface area contributed by atoms with Crippen molar-refractivity contribution in [3.8, 4) is 0 Å². The Morgan fingerprint density at radius 2 is 1.87 bits per heavy atom. The van der Waals surface area contributed by atoms with Gasteiger partial charge in [0.05, 0.1) is 0 Å². The summed E-state index contributed by atoms with van der Waals surface area (Å²) in [6, 6.07) is 11.6. The van der Waals surface area contributed by atoms with Crippen LogP contribution in [0, 0.1) is 17.7 Å². The lowest BCUT2D eigenvalue weighted by molar-refractivity contribution is -0.122. The van der Waals surface area contributed by atoms with Crippen LogP contribution in [-0.4, -0.2) is 37.4 Å². The number of hydrogen-bond acceptors (Lipinski definition) is 3. The average molecular weight is 426 g/mol. The highest BCUT2D eigenvalue weighted by atomic mass is 19.1. The van der Waals surface area contributed by atoms with Gasteiger partial charge in [0.15, 0.2) is 0 Å². The largest absolute Gasteiger partial charge is 0.377 e. The Kier molecular flexibility index (Phi) is 7.31. The molecule has 31 heavy (non-hydrogen) atoms. The average Bonchev–Trinajstić information content (AvgIpc) is 2.65. The summed E-state index contributed by atoms with van der Waals surface area (Å²) in [5.41, 5.74) is 2.98. The Morgan fingerprint density at radius 1 is 1.13 bits per heavy atom. The zero-order valence-corrected chi connectivity index (χ0v) is 18.8. The van der Waals surface area contributed by atoms with E-state index < -0.39 is 5.82 Å². The van der Waals surface area contributed by atoms with E-state index in [2.05, 4.69) is 5.32 Å². The zero-order chi connectivity index (χ0) is 22.5. The molecule has 1 fully saturated rings. The van der Waals surface area contributed by atoms with E-state index in [4.69, 9.17) is 0 Å². The monoisotopic (exact) mass is 425 g/mol. The van der Waals surface area contributed by atoms with Gasteiger partial charge in [-0.15, -0.1) is 0 Å². The number of rotatable bonds is 8. The molecule has 1 aliphatic rings. The summed E-state index contributed by atoms with van der Waals surface area (Å²) in [7, 11) is 3.90. The van der Waals surface area contributed by atoms with Crippen LogP contribution < -0.4 is 10.2 Å². The second kappa shape index (κ2) is 9.94. The molecule has 1 aliphatic carbocycles. The van der Waals surface area contributed by atoms with E-state index in [0.29, 0.717) is 18.7 Å². The van der Waals surface area contributed by atoms with Crippen molar-refractivity contribution in [1.29, 1.82) is 0 Å². The molecule has 0 saturated heterocycles. The number of carbonyl (C=O) groups is 2. The smallest absolute Gasteiger partial charge is 0.254 e. The van der Waals surface area contributed by atoms with E-state index in [0.717, 1.165) is 36.2 Å². The van der Waals surface area contributed by atoms with Crippen LogP contribution in [0.3, 0.4) is 0 Å². The van der Waals surface area contributed by atoms with E-state index in [1.54, 1.807) is 17.0 Å². The molecular weight excluding hydrogens is 393 g/mol. The molecule has 3 rings (SSSR count). The Hall–Kier alpha value is -2.89. The molecule has 0 unspecified atom stereocenters. The summed E-state index contributed by atoms with van der Waals surface area (Å²) < 4.78 is 13.7. The Balaban J connectivity index is 1.88. The van der Waals surface area contributed by atoms with Crippen LogP contribution in [0.1, 0.15) is 49.0 Å². The van der Waals surface area contributed by atoms with Gasteiger partial charge >= 0.3 is 0 Å². The molecule has 0 aromatic heterocycles. The van der Waals surface area contributed by atoms with Crippen molar-refractivity contribution in [3.05, 3.63) is 59.4 Å². The molecule has 0 heterocycles. The number of halogens is 1. The Labute approximate surface area is 184 Å². The summed E-state index contributed by atoms with van der Waals surface area (Å²) >= 11 is 0. The van der Waals surface area contributed by atoms with Crippen molar-refractivity contribution >= 4 is 23.2 Å². The van der Waals surface area contributed by atoms with Gasteiger partial charge in [-0.25, -0.2) is 4.39 Å². The quantitative estimate of drug-likeness (QED) is 0.653. The SMILES string of the molecule is CC(C)CN(Cc1cc(NC(=O)C2CCC2)ccc1N(C)C)C(=O)c1cccc(F)c1. The molecule has 5 nitrogen and oxygen atoms in total. The molecule has 2 aromatic rings. The molecule has 0 spiro atoms. The fourth-order valence-corrected chi connectivity index (χ4v) is 3.81. The molecule has 1 N–H and O–H groups in total. The van der Waals surface area contributed by atoms with E-state index >= 15 is 0 Å². The summed E-state index contributed by atoms with van der Waals surface area (Å²) in [5.74, 6) is -0.220. The molecule has 0 radical (unpaired) electrons. The standard InChI is InChI=1S/C25H32FN3O2/c1-17(2)15-29(25(31)19-9-6-10-21(26)13-19)16-20-14-22(11-12-23(20)28(3)4)27-24(30)18-7-5-8-18/h6,9-14,17-18H,5,7-8,15-16H2,1-4H3,(H,27,30). The first-order valence-corrected chi connectivity index (χ1v) is 10.9. The second-order valence-corrected chi connectivity index (χ2v) is 8.94. The summed E-state index contributed by atoms with van der Waals surface area (Å²) in [6.45, 7) is 5.01. The van der Waals surface area contributed by atoms with Gasteiger partial charge in [-0.3, -0.25) is 9.59 Å². The van der Waals surface area contributed by atoms with Crippen LogP contribution in [0.5, 0.6) is 0 Å². The number of anilines is 2. The van der Waals surface area contributed by atoms with Crippen molar-refractivity contribution in [2.24, 2.45) is 11.8 Å². The second-order valence-electron chi connectivity index (χ2n) is 8.94. The molecular formula is C25H32FN3O2. The zero-order valence-electron chi connectivity index (χ0n) is 18.8. The van der Waals surface area contributed by atoms with Crippen LogP contribution in [0.2, 0.25) is 0 Å². The van der Waals surface area contributed by atoms with Gasteiger partial charge in [0.2, 0.25) is 5.91 Å². The Bertz CT molecular complexity index is 938. The maximum absolute atomic E-state index is 13.7. The van der Waals surface area contributed by atoms with Gasteiger partial charge in [-0.1, -0.05) is 26.3 Å². The highest BCUT2D eigenvalue weighted by Crippen LogP contribution is 2.29. The van der Waals surface area contributed by atoms with Crippen molar-refractivity contribution in [3.63, 3.8) is 0 Å². The molecule has 2 amide bonds. The van der Waals surface area contributed by atoms with Gasteiger partial charge in [0.1, 0.15) is 5.82 Å². The van der Waals surface area contributed by atoms with Crippen molar-refractivity contribution in [2.75, 3.05) is 30.9 Å². The lowest BCUT2D eigenvalue weighted by Gasteiger charge is -2.28. The molecule has 2 aromatic carbocycles. The minimum absolute atomic E-state index is 0.0599. The first-order valence-electron chi connectivity index (χ1n) is 10.9. The highest BCUT2D eigenvalue weighted by Gasteiger charge is 2.25. The highest BCUT2D eigenvalue weighted by molar-refractivity contribution is 5.95. The fourth-order valence-electron chi connectivity index (χ4n) is 3.81. The number of nitrogens with zero attached hydrogens (tertiary/aromatic N) is 2. The normalized spacial score (nSPS) is 13.6.